The molecule has 2 saturated heterocycles. The minimum atomic E-state index is -0.309. The van der Waals surface area contributed by atoms with E-state index in [0.717, 1.165) is 50.1 Å². The first kappa shape index (κ1) is 22.2. The highest BCUT2D eigenvalue weighted by Gasteiger charge is 2.34. The number of nitrogens with zero attached hydrogens (tertiary/aromatic N) is 4. The third kappa shape index (κ3) is 4.44. The standard InChI is InChI=1S/C25H29ClFN5O/c1-30(2)19-9-11-32(15-19)25(33)16-4-3-10-31(14-16)18-6-7-21(26)20(13-18)24-28-22-8-5-17(27)12-23(22)29-24/h5-8,12-13,16,19H,3-4,9-11,14-15H2,1-2H3,(H,28,29). The maximum Gasteiger partial charge on any atom is 0.227 e. The van der Waals surface area contributed by atoms with E-state index >= 15 is 0 Å². The van der Waals surface area contributed by atoms with Crippen LogP contribution >= 0.6 is 11.6 Å². The number of hydrogen-bond acceptors (Lipinski definition) is 4. The molecular formula is C25H29ClFN5O. The molecular weight excluding hydrogens is 441 g/mol. The van der Waals surface area contributed by atoms with E-state index < -0.39 is 0 Å². The number of hydrogen-bond donors (Lipinski definition) is 1. The van der Waals surface area contributed by atoms with Gasteiger partial charge < -0.3 is 19.7 Å². The van der Waals surface area contributed by atoms with Crippen molar-refractivity contribution in [1.29, 1.82) is 0 Å². The number of piperidine rings is 1. The molecule has 33 heavy (non-hydrogen) atoms. The average molecular weight is 470 g/mol. The fraction of sp³-hybridized carbons (Fsp3) is 0.440. The number of aromatic amines is 1. The highest BCUT2D eigenvalue weighted by atomic mass is 35.5. The lowest BCUT2D eigenvalue weighted by atomic mass is 9.96. The first-order chi connectivity index (χ1) is 15.9. The van der Waals surface area contributed by atoms with E-state index in [9.17, 15) is 9.18 Å². The van der Waals surface area contributed by atoms with Gasteiger partial charge in [-0.05, 0) is 69.8 Å². The molecule has 3 heterocycles. The molecule has 3 aromatic rings. The van der Waals surface area contributed by atoms with Crippen molar-refractivity contribution in [3.8, 4) is 11.4 Å². The van der Waals surface area contributed by atoms with Crippen LogP contribution in [0.3, 0.4) is 0 Å². The Kier molecular flexibility index (Phi) is 6.01. The summed E-state index contributed by atoms with van der Waals surface area (Å²) in [5.41, 5.74) is 3.12. The first-order valence-electron chi connectivity index (χ1n) is 11.5. The number of likely N-dealkylation sites (tertiary alicyclic amines) is 1. The summed E-state index contributed by atoms with van der Waals surface area (Å²) < 4.78 is 13.6. The quantitative estimate of drug-likeness (QED) is 0.615. The Bertz CT molecular complexity index is 1180. The zero-order valence-electron chi connectivity index (χ0n) is 19.0. The molecule has 8 heteroatoms. The molecule has 0 radical (unpaired) electrons. The molecule has 5 rings (SSSR count). The number of amides is 1. The summed E-state index contributed by atoms with van der Waals surface area (Å²) in [6.07, 6.45) is 2.94. The number of nitrogens with one attached hydrogen (secondary N) is 1. The first-order valence-corrected chi connectivity index (χ1v) is 11.9. The molecule has 0 saturated carbocycles. The van der Waals surface area contributed by atoms with E-state index in [1.807, 2.05) is 23.1 Å². The lowest BCUT2D eigenvalue weighted by Crippen LogP contribution is -2.45. The van der Waals surface area contributed by atoms with Gasteiger partial charge in [0.05, 0.1) is 22.0 Å². The van der Waals surface area contributed by atoms with Gasteiger partial charge in [-0.1, -0.05) is 11.6 Å². The number of rotatable bonds is 4. The summed E-state index contributed by atoms with van der Waals surface area (Å²) in [4.78, 5) is 27.5. The molecule has 2 fully saturated rings. The van der Waals surface area contributed by atoms with Crippen LogP contribution in [0.5, 0.6) is 0 Å². The zero-order valence-corrected chi connectivity index (χ0v) is 19.8. The van der Waals surface area contributed by atoms with Crippen LogP contribution in [0.1, 0.15) is 19.3 Å². The Balaban J connectivity index is 1.35. The molecule has 1 N–H and O–H groups in total. The van der Waals surface area contributed by atoms with Gasteiger partial charge in [-0.25, -0.2) is 9.37 Å². The highest BCUT2D eigenvalue weighted by Crippen LogP contribution is 2.34. The van der Waals surface area contributed by atoms with Crippen LogP contribution in [0.25, 0.3) is 22.4 Å². The Morgan fingerprint density at radius 2 is 2.00 bits per heavy atom. The normalized spacial score (nSPS) is 21.4. The minimum absolute atomic E-state index is 0.00738. The zero-order chi connectivity index (χ0) is 23.1. The number of imidazole rings is 1. The van der Waals surface area contributed by atoms with E-state index in [0.29, 0.717) is 34.5 Å². The number of aromatic nitrogens is 2. The molecule has 0 spiro atoms. The summed E-state index contributed by atoms with van der Waals surface area (Å²) in [6.45, 7) is 3.26. The third-order valence-electron chi connectivity index (χ3n) is 6.99. The van der Waals surface area contributed by atoms with Crippen LogP contribution in [-0.4, -0.2) is 72.0 Å². The molecule has 2 aromatic carbocycles. The summed E-state index contributed by atoms with van der Waals surface area (Å²) in [5.74, 6) is 0.584. The molecule has 6 nitrogen and oxygen atoms in total. The molecule has 174 valence electrons. The fourth-order valence-corrected chi connectivity index (χ4v) is 5.24. The fourth-order valence-electron chi connectivity index (χ4n) is 5.04. The van der Waals surface area contributed by atoms with E-state index in [-0.39, 0.29) is 17.6 Å². The van der Waals surface area contributed by atoms with Crippen molar-refractivity contribution >= 4 is 34.2 Å². The van der Waals surface area contributed by atoms with Crippen molar-refractivity contribution in [2.24, 2.45) is 5.92 Å². The van der Waals surface area contributed by atoms with Crippen molar-refractivity contribution in [2.75, 3.05) is 45.2 Å². The summed E-state index contributed by atoms with van der Waals surface area (Å²) >= 11 is 6.52. The van der Waals surface area contributed by atoms with Crippen LogP contribution in [0.2, 0.25) is 5.02 Å². The van der Waals surface area contributed by atoms with E-state index in [4.69, 9.17) is 11.6 Å². The maximum absolute atomic E-state index is 13.6. The van der Waals surface area contributed by atoms with Crippen LogP contribution in [0, 0.1) is 11.7 Å². The van der Waals surface area contributed by atoms with Crippen LogP contribution in [0.15, 0.2) is 36.4 Å². The molecule has 1 amide bonds. The summed E-state index contributed by atoms with van der Waals surface area (Å²) in [5, 5.41) is 0.578. The second-order valence-electron chi connectivity index (χ2n) is 9.39. The van der Waals surface area contributed by atoms with Crippen molar-refractivity contribution < 1.29 is 9.18 Å². The number of benzene rings is 2. The van der Waals surface area contributed by atoms with Gasteiger partial charge in [-0.15, -0.1) is 0 Å². The molecule has 2 aliphatic rings. The predicted octanol–water partition coefficient (Wildman–Crippen LogP) is 4.40. The van der Waals surface area contributed by atoms with Gasteiger partial charge in [-0.3, -0.25) is 4.79 Å². The van der Waals surface area contributed by atoms with Gasteiger partial charge in [0.25, 0.3) is 0 Å². The van der Waals surface area contributed by atoms with E-state index in [1.54, 1.807) is 6.07 Å². The summed E-state index contributed by atoms with van der Waals surface area (Å²) in [7, 11) is 4.16. The monoisotopic (exact) mass is 469 g/mol. The largest absolute Gasteiger partial charge is 0.371 e. The lowest BCUT2D eigenvalue weighted by Gasteiger charge is -2.35. The molecule has 0 aliphatic carbocycles. The number of fused-ring (bicyclic) bond motifs is 1. The van der Waals surface area contributed by atoms with Crippen molar-refractivity contribution in [3.05, 3.63) is 47.2 Å². The number of likely N-dealkylation sites (N-methyl/N-ethyl adjacent to an activating group) is 1. The van der Waals surface area contributed by atoms with Gasteiger partial charge in [0.15, 0.2) is 0 Å². The molecule has 2 atom stereocenters. The Morgan fingerprint density at radius 1 is 1.15 bits per heavy atom. The second kappa shape index (κ2) is 8.95. The Labute approximate surface area is 198 Å². The summed E-state index contributed by atoms with van der Waals surface area (Å²) in [6, 6.07) is 10.8. The van der Waals surface area contributed by atoms with E-state index in [2.05, 4.69) is 33.9 Å². The van der Waals surface area contributed by atoms with Gasteiger partial charge in [0.1, 0.15) is 11.6 Å². The van der Waals surface area contributed by atoms with Crippen LogP contribution in [-0.2, 0) is 4.79 Å². The lowest BCUT2D eigenvalue weighted by molar-refractivity contribution is -0.134. The number of carbonyl (C=O) groups is 1. The Hall–Kier alpha value is -2.64. The number of H-pyrrole nitrogens is 1. The van der Waals surface area contributed by atoms with Gasteiger partial charge in [0, 0.05) is 43.5 Å². The maximum atomic E-state index is 13.6. The second-order valence-corrected chi connectivity index (χ2v) is 9.79. The molecule has 0 bridgehead atoms. The van der Waals surface area contributed by atoms with Crippen LogP contribution < -0.4 is 4.90 Å². The van der Waals surface area contributed by atoms with Crippen molar-refractivity contribution in [1.82, 2.24) is 19.8 Å². The Morgan fingerprint density at radius 3 is 2.79 bits per heavy atom. The van der Waals surface area contributed by atoms with Crippen molar-refractivity contribution in [3.63, 3.8) is 0 Å². The smallest absolute Gasteiger partial charge is 0.227 e. The number of anilines is 1. The number of carbonyl (C=O) groups excluding carboxylic acids is 1. The number of halogens is 2. The predicted molar refractivity (Wildman–Crippen MR) is 130 cm³/mol. The topological polar surface area (TPSA) is 55.5 Å². The highest BCUT2D eigenvalue weighted by molar-refractivity contribution is 6.33. The van der Waals surface area contributed by atoms with E-state index in [1.165, 1.54) is 12.1 Å². The molecule has 2 aliphatic heterocycles. The van der Waals surface area contributed by atoms with Crippen molar-refractivity contribution in [2.45, 2.75) is 25.3 Å². The van der Waals surface area contributed by atoms with Crippen LogP contribution in [0.4, 0.5) is 10.1 Å². The SMILES string of the molecule is CN(C)C1CCN(C(=O)C2CCCN(c3ccc(Cl)c(-c4nc5ccc(F)cc5[nH]4)c3)C2)C1. The molecule has 2 unspecified atom stereocenters. The van der Waals surface area contributed by atoms with Gasteiger partial charge in [0.2, 0.25) is 5.91 Å². The molecule has 1 aromatic heterocycles. The van der Waals surface area contributed by atoms with Gasteiger partial charge >= 0.3 is 0 Å². The minimum Gasteiger partial charge on any atom is -0.371 e. The third-order valence-corrected chi connectivity index (χ3v) is 7.32. The van der Waals surface area contributed by atoms with Gasteiger partial charge in [-0.2, -0.15) is 0 Å². The average Bonchev–Trinajstić information content (AvgIpc) is 3.46.